The molecule has 2 aromatic rings. The van der Waals surface area contributed by atoms with E-state index in [1.54, 1.807) is 0 Å². The van der Waals surface area contributed by atoms with Gasteiger partial charge in [0.25, 0.3) is 31.4 Å². The Hall–Kier alpha value is -4.55. The molecular weight excluding hydrogens is 665 g/mol. The van der Waals surface area contributed by atoms with Crippen LogP contribution in [0.25, 0.3) is 4.85 Å². The number of carbonyl (C=O) groups is 1. The van der Waals surface area contributed by atoms with Crippen LogP contribution in [0.2, 0.25) is 0 Å². The fraction of sp³-hybridized carbons (Fsp3) is 0.533. The molecule has 1 aromatic carbocycles. The Balaban J connectivity index is 1.56. The molecule has 49 heavy (non-hydrogen) atoms. The van der Waals surface area contributed by atoms with Crippen molar-refractivity contribution in [2.24, 2.45) is 0 Å². The maximum Gasteiger partial charge on any atom is 0.330 e. The van der Waals surface area contributed by atoms with Gasteiger partial charge in [-0.1, -0.05) is 18.8 Å². The summed E-state index contributed by atoms with van der Waals surface area (Å²) in [5.41, 5.74) is -4.37. The summed E-state index contributed by atoms with van der Waals surface area (Å²) < 4.78 is 28.5. The summed E-state index contributed by atoms with van der Waals surface area (Å²) in [6.07, 6.45) is -0.741. The second kappa shape index (κ2) is 15.8. The first-order valence-electron chi connectivity index (χ1n) is 15.3. The Morgan fingerprint density at radius 1 is 1.27 bits per heavy atom. The van der Waals surface area contributed by atoms with Gasteiger partial charge in [0.1, 0.15) is 35.5 Å². The number of fused-ring (bicyclic) bond motifs is 2. The number of amides is 1. The molecule has 19 heteroatoms. The molecule has 4 rings (SSSR count). The fourth-order valence-corrected chi connectivity index (χ4v) is 7.39. The Kier molecular flexibility index (Phi) is 12.0. The molecule has 2 aliphatic rings. The Morgan fingerprint density at radius 2 is 1.98 bits per heavy atom. The number of nitro benzene ring substituents is 2. The number of H-pyrrole nitrogens is 1. The highest BCUT2D eigenvalue weighted by molar-refractivity contribution is 7.44. The molecule has 0 saturated carbocycles. The zero-order valence-corrected chi connectivity index (χ0v) is 28.3. The molecule has 2 saturated heterocycles. The second-order valence-corrected chi connectivity index (χ2v) is 13.1. The third-order valence-electron chi connectivity index (χ3n) is 7.86. The lowest BCUT2D eigenvalue weighted by Gasteiger charge is -2.38. The molecular formula is C30H36N7O11P. The summed E-state index contributed by atoms with van der Waals surface area (Å²) in [6.45, 7) is 17.3. The van der Waals surface area contributed by atoms with Crippen LogP contribution >= 0.6 is 8.53 Å². The second-order valence-electron chi connectivity index (χ2n) is 11.7. The first-order valence-corrected chi connectivity index (χ1v) is 16.4. The maximum atomic E-state index is 13.0. The standard InChI is InChI=1S/C30H36N7O11P/c1-7-30-17-45-24(25(30)48-49(46-14-13-31-6)35(18(2)3)19(4)5)28(47-30)34-16-20(26(38)33-29(34)40)9-8-12-32-27(39)22-11-10-21(36(41)42)15-23(22)37(43)44/h10-11,15-16,18-19,24-25,28H,7,12-14,17H2,1-5H3,(H,32,39)(H,33,38,40)/t24-,25?,28-,30-,49?/m1/s1. The van der Waals surface area contributed by atoms with E-state index < -0.39 is 76.5 Å². The van der Waals surface area contributed by atoms with Gasteiger partial charge < -0.3 is 28.7 Å². The van der Waals surface area contributed by atoms with E-state index in [0.717, 1.165) is 16.7 Å². The highest BCUT2D eigenvalue weighted by Gasteiger charge is 2.63. The van der Waals surface area contributed by atoms with E-state index >= 15 is 0 Å². The van der Waals surface area contributed by atoms with E-state index in [2.05, 4.69) is 31.7 Å². The number of nitrogens with one attached hydrogen (secondary N) is 2. The predicted octanol–water partition coefficient (Wildman–Crippen LogP) is 2.88. The van der Waals surface area contributed by atoms with E-state index in [0.29, 0.717) is 12.5 Å². The molecule has 2 unspecified atom stereocenters. The molecule has 2 N–H and O–H groups in total. The Labute approximate surface area is 281 Å². The molecule has 0 aliphatic carbocycles. The number of nitro groups is 2. The third kappa shape index (κ3) is 8.02. The van der Waals surface area contributed by atoms with Gasteiger partial charge in [0.15, 0.2) is 6.23 Å². The summed E-state index contributed by atoms with van der Waals surface area (Å²) in [6, 6.07) is 2.70. The molecule has 5 atom stereocenters. The van der Waals surface area contributed by atoms with E-state index in [-0.39, 0.29) is 44.0 Å². The summed E-state index contributed by atoms with van der Waals surface area (Å²) in [7, 11) is -1.67. The average Bonchev–Trinajstić information content (AvgIpc) is 3.54. The molecule has 2 fully saturated rings. The van der Waals surface area contributed by atoms with Gasteiger partial charge >= 0.3 is 5.69 Å². The number of rotatable bonds is 14. The van der Waals surface area contributed by atoms with Gasteiger partial charge in [-0.25, -0.2) is 16.0 Å². The smallest absolute Gasteiger partial charge is 0.330 e. The molecule has 1 aromatic heterocycles. The van der Waals surface area contributed by atoms with Crippen molar-refractivity contribution in [2.75, 3.05) is 26.3 Å². The van der Waals surface area contributed by atoms with Gasteiger partial charge in [-0.3, -0.25) is 39.4 Å². The van der Waals surface area contributed by atoms with Gasteiger partial charge in [0.2, 0.25) is 6.54 Å². The maximum absolute atomic E-state index is 13.0. The minimum absolute atomic E-state index is 0.0466. The summed E-state index contributed by atoms with van der Waals surface area (Å²) in [4.78, 5) is 64.5. The SMILES string of the molecule is [C-]#[N+]CCOP(OC1[C@H]2OC[C@@]1(CC)O[C@H]2n1cc(C#CCNC(=O)c2ccc([N+](=O)[O-])cc2[N+](=O)[O-])c(=O)[nH]c1=O)N(C(C)C)C(C)C. The zero-order valence-electron chi connectivity index (χ0n) is 27.4. The quantitative estimate of drug-likeness (QED) is 0.0726. The van der Waals surface area contributed by atoms with Crippen molar-refractivity contribution in [1.29, 1.82) is 0 Å². The third-order valence-corrected chi connectivity index (χ3v) is 9.97. The van der Waals surface area contributed by atoms with Crippen LogP contribution < -0.4 is 16.6 Å². The molecule has 1 amide bonds. The number of carbonyl (C=O) groups excluding carboxylic acids is 1. The molecule has 18 nitrogen and oxygen atoms in total. The van der Waals surface area contributed by atoms with Crippen LogP contribution in [0.1, 0.15) is 63.2 Å². The van der Waals surface area contributed by atoms with Crippen molar-refractivity contribution in [1.82, 2.24) is 19.5 Å². The lowest BCUT2D eigenvalue weighted by molar-refractivity contribution is -0.394. The van der Waals surface area contributed by atoms with Gasteiger partial charge in [-0.05, 0) is 40.2 Å². The summed E-state index contributed by atoms with van der Waals surface area (Å²) in [5.74, 6) is 4.24. The molecule has 2 bridgehead atoms. The number of hydrogen-bond acceptors (Lipinski definition) is 12. The first-order chi connectivity index (χ1) is 23.2. The monoisotopic (exact) mass is 701 g/mol. The molecule has 262 valence electrons. The van der Waals surface area contributed by atoms with Crippen molar-refractivity contribution < 1.29 is 33.2 Å². The van der Waals surface area contributed by atoms with Crippen molar-refractivity contribution in [3.63, 3.8) is 0 Å². The highest BCUT2D eigenvalue weighted by Crippen LogP contribution is 2.55. The van der Waals surface area contributed by atoms with Crippen molar-refractivity contribution in [3.05, 3.63) is 88.0 Å². The van der Waals surface area contributed by atoms with Gasteiger partial charge in [-0.15, -0.1) is 0 Å². The zero-order chi connectivity index (χ0) is 36.0. The van der Waals surface area contributed by atoms with Crippen molar-refractivity contribution in [3.8, 4) is 11.8 Å². The van der Waals surface area contributed by atoms with E-state index in [4.69, 9.17) is 25.1 Å². The van der Waals surface area contributed by atoms with Crippen LogP contribution in [-0.2, 0) is 18.5 Å². The lowest BCUT2D eigenvalue weighted by Crippen LogP contribution is -2.43. The van der Waals surface area contributed by atoms with Crippen LogP contribution in [0.5, 0.6) is 0 Å². The minimum atomic E-state index is -1.67. The number of aromatic amines is 1. The molecule has 0 spiro atoms. The van der Waals surface area contributed by atoms with E-state index in [9.17, 15) is 34.6 Å². The number of ether oxygens (including phenoxy) is 2. The van der Waals surface area contributed by atoms with Crippen LogP contribution in [0.4, 0.5) is 11.4 Å². The van der Waals surface area contributed by atoms with E-state index in [1.165, 1.54) is 6.20 Å². The van der Waals surface area contributed by atoms with Crippen LogP contribution in [0.3, 0.4) is 0 Å². The molecule has 3 heterocycles. The van der Waals surface area contributed by atoms with Crippen molar-refractivity contribution >= 4 is 25.8 Å². The number of non-ortho nitro benzene ring substituents is 1. The summed E-state index contributed by atoms with van der Waals surface area (Å²) in [5, 5.41) is 24.7. The number of aromatic nitrogens is 2. The molecule has 0 radical (unpaired) electrons. The average molecular weight is 702 g/mol. The highest BCUT2D eigenvalue weighted by atomic mass is 31.2. The van der Waals surface area contributed by atoms with Crippen LogP contribution in [0, 0.1) is 38.6 Å². The van der Waals surface area contributed by atoms with Gasteiger partial charge in [0.05, 0.1) is 29.1 Å². The van der Waals surface area contributed by atoms with Crippen molar-refractivity contribution in [2.45, 2.75) is 77.2 Å². The molecule has 2 aliphatic heterocycles. The minimum Gasteiger partial charge on any atom is -0.368 e. The Morgan fingerprint density at radius 3 is 2.59 bits per heavy atom. The largest absolute Gasteiger partial charge is 0.368 e. The Bertz CT molecular complexity index is 1800. The van der Waals surface area contributed by atoms with Gasteiger partial charge in [-0.2, -0.15) is 0 Å². The normalized spacial score (nSPS) is 21.7. The first kappa shape index (κ1) is 37.3. The summed E-state index contributed by atoms with van der Waals surface area (Å²) >= 11 is 0. The van der Waals surface area contributed by atoms with E-state index in [1.807, 2.05) is 34.6 Å². The number of nitrogens with zero attached hydrogens (tertiary/aromatic N) is 5. The topological polar surface area (TPSA) is 215 Å². The number of hydrogen-bond donors (Lipinski definition) is 2. The van der Waals surface area contributed by atoms with Crippen LogP contribution in [-0.4, -0.2) is 86.2 Å². The lowest BCUT2D eigenvalue weighted by atomic mass is 9.96. The fourth-order valence-electron chi connectivity index (χ4n) is 5.59. The van der Waals surface area contributed by atoms with Gasteiger partial charge in [0, 0.05) is 24.3 Å². The number of benzene rings is 1. The predicted molar refractivity (Wildman–Crippen MR) is 174 cm³/mol. The van der Waals surface area contributed by atoms with Crippen LogP contribution in [0.15, 0.2) is 34.0 Å².